The number of nitrogens with zero attached hydrogens (tertiary/aromatic N) is 1. The lowest BCUT2D eigenvalue weighted by Gasteiger charge is -2.31. The molecule has 0 N–H and O–H groups in total. The Labute approximate surface area is 221 Å². The van der Waals surface area contributed by atoms with Crippen LogP contribution in [0.3, 0.4) is 0 Å². The zero-order valence-corrected chi connectivity index (χ0v) is 23.5. The SMILES string of the molecule is COC(=O)C(Cc1ccccc1)N(Cc1ccc(I)cc1)S(=O)(=O)c1c(C)cc(OC)c(C)c1C. The van der Waals surface area contributed by atoms with Crippen molar-refractivity contribution in [2.75, 3.05) is 14.2 Å². The monoisotopic (exact) mass is 607 g/mol. The van der Waals surface area contributed by atoms with Crippen molar-refractivity contribution in [2.45, 2.75) is 44.7 Å². The van der Waals surface area contributed by atoms with Gasteiger partial charge < -0.3 is 9.47 Å². The zero-order chi connectivity index (χ0) is 25.8. The van der Waals surface area contributed by atoms with E-state index < -0.39 is 22.0 Å². The van der Waals surface area contributed by atoms with Crippen LogP contribution in [0.2, 0.25) is 0 Å². The molecule has 0 heterocycles. The normalized spacial score (nSPS) is 12.4. The number of rotatable bonds is 9. The molecule has 0 aliphatic carbocycles. The summed E-state index contributed by atoms with van der Waals surface area (Å²) in [7, 11) is -1.27. The van der Waals surface area contributed by atoms with Gasteiger partial charge in [-0.3, -0.25) is 4.79 Å². The maximum Gasteiger partial charge on any atom is 0.324 e. The fraction of sp³-hybridized carbons (Fsp3) is 0.296. The molecule has 3 aromatic rings. The minimum absolute atomic E-state index is 0.0236. The lowest BCUT2D eigenvalue weighted by Crippen LogP contribution is -2.46. The van der Waals surface area contributed by atoms with E-state index >= 15 is 0 Å². The first kappa shape index (κ1) is 27.2. The molecule has 186 valence electrons. The number of ether oxygens (including phenoxy) is 2. The Bertz CT molecular complexity index is 1290. The maximum absolute atomic E-state index is 14.3. The van der Waals surface area contributed by atoms with E-state index in [-0.39, 0.29) is 17.9 Å². The highest BCUT2D eigenvalue weighted by Crippen LogP contribution is 2.34. The molecule has 0 saturated carbocycles. The van der Waals surface area contributed by atoms with Crippen LogP contribution in [-0.2, 0) is 32.5 Å². The van der Waals surface area contributed by atoms with E-state index in [0.29, 0.717) is 16.9 Å². The molecule has 35 heavy (non-hydrogen) atoms. The number of carbonyl (C=O) groups is 1. The van der Waals surface area contributed by atoms with Crippen LogP contribution >= 0.6 is 22.6 Å². The molecule has 0 aliphatic rings. The van der Waals surface area contributed by atoms with E-state index in [0.717, 1.165) is 20.3 Å². The van der Waals surface area contributed by atoms with Gasteiger partial charge in [0.2, 0.25) is 10.0 Å². The molecule has 0 saturated heterocycles. The molecule has 8 heteroatoms. The van der Waals surface area contributed by atoms with E-state index in [4.69, 9.17) is 9.47 Å². The van der Waals surface area contributed by atoms with Crippen LogP contribution < -0.4 is 4.74 Å². The molecule has 6 nitrogen and oxygen atoms in total. The molecule has 3 rings (SSSR count). The Kier molecular flexibility index (Phi) is 8.95. The molecule has 3 aromatic carbocycles. The third-order valence-corrected chi connectivity index (χ3v) is 8.97. The first-order chi connectivity index (χ1) is 16.6. The lowest BCUT2D eigenvalue weighted by molar-refractivity contribution is -0.145. The number of carbonyl (C=O) groups excluding carboxylic acids is 1. The van der Waals surface area contributed by atoms with Gasteiger partial charge in [0.1, 0.15) is 11.8 Å². The number of hydrogen-bond acceptors (Lipinski definition) is 5. The summed E-state index contributed by atoms with van der Waals surface area (Å²) in [6, 6.07) is 17.6. The van der Waals surface area contributed by atoms with Gasteiger partial charge in [-0.05, 0) is 95.8 Å². The molecule has 0 bridgehead atoms. The molecule has 0 amide bonds. The van der Waals surface area contributed by atoms with Crippen LogP contribution in [0.1, 0.15) is 27.8 Å². The summed E-state index contributed by atoms with van der Waals surface area (Å²) in [5.74, 6) is 0.0143. The minimum Gasteiger partial charge on any atom is -0.496 e. The quantitative estimate of drug-likeness (QED) is 0.247. The average Bonchev–Trinajstić information content (AvgIpc) is 2.84. The third-order valence-electron chi connectivity index (χ3n) is 6.11. The first-order valence-corrected chi connectivity index (χ1v) is 13.6. The van der Waals surface area contributed by atoms with Crippen molar-refractivity contribution in [3.05, 3.63) is 92.1 Å². The van der Waals surface area contributed by atoms with Gasteiger partial charge in [0.25, 0.3) is 0 Å². The summed E-state index contributed by atoms with van der Waals surface area (Å²) in [5, 5.41) is 0. The van der Waals surface area contributed by atoms with E-state index in [1.807, 2.05) is 61.5 Å². The van der Waals surface area contributed by atoms with E-state index in [1.54, 1.807) is 27.0 Å². The Balaban J connectivity index is 2.21. The molecule has 0 aliphatic heterocycles. The van der Waals surface area contributed by atoms with E-state index in [2.05, 4.69) is 22.6 Å². The van der Waals surface area contributed by atoms with Gasteiger partial charge in [0.15, 0.2) is 0 Å². The molecule has 0 aromatic heterocycles. The van der Waals surface area contributed by atoms with Crippen molar-refractivity contribution in [3.8, 4) is 5.75 Å². The molecular weight excluding hydrogens is 577 g/mol. The Morgan fingerprint density at radius 2 is 1.57 bits per heavy atom. The fourth-order valence-corrected chi connectivity index (χ4v) is 6.57. The van der Waals surface area contributed by atoms with Crippen molar-refractivity contribution >= 4 is 38.6 Å². The van der Waals surface area contributed by atoms with Crippen LogP contribution in [-0.4, -0.2) is 39.0 Å². The van der Waals surface area contributed by atoms with Crippen molar-refractivity contribution in [1.82, 2.24) is 4.31 Å². The minimum atomic E-state index is -4.12. The molecule has 1 atom stereocenters. The summed E-state index contributed by atoms with van der Waals surface area (Å²) in [4.78, 5) is 13.3. The summed E-state index contributed by atoms with van der Waals surface area (Å²) in [5.41, 5.74) is 3.50. The van der Waals surface area contributed by atoms with Crippen LogP contribution in [0, 0.1) is 24.3 Å². The van der Waals surface area contributed by atoms with Gasteiger partial charge in [0, 0.05) is 10.1 Å². The van der Waals surface area contributed by atoms with Gasteiger partial charge in [0.05, 0.1) is 19.1 Å². The van der Waals surface area contributed by atoms with Gasteiger partial charge in [-0.15, -0.1) is 0 Å². The predicted molar refractivity (Wildman–Crippen MR) is 145 cm³/mol. The van der Waals surface area contributed by atoms with Crippen LogP contribution in [0.25, 0.3) is 0 Å². The maximum atomic E-state index is 14.3. The number of benzene rings is 3. The van der Waals surface area contributed by atoms with E-state index in [1.165, 1.54) is 11.4 Å². The van der Waals surface area contributed by atoms with Crippen molar-refractivity contribution < 1.29 is 22.7 Å². The number of halogens is 1. The smallest absolute Gasteiger partial charge is 0.324 e. The topological polar surface area (TPSA) is 72.9 Å². The highest BCUT2D eigenvalue weighted by Gasteiger charge is 2.39. The van der Waals surface area contributed by atoms with Gasteiger partial charge >= 0.3 is 5.97 Å². The number of methoxy groups -OCH3 is 2. The van der Waals surface area contributed by atoms with Gasteiger partial charge in [-0.1, -0.05) is 42.5 Å². The van der Waals surface area contributed by atoms with Crippen molar-refractivity contribution in [3.63, 3.8) is 0 Å². The van der Waals surface area contributed by atoms with Crippen LogP contribution in [0.15, 0.2) is 65.6 Å². The second-order valence-electron chi connectivity index (χ2n) is 8.38. The van der Waals surface area contributed by atoms with Crippen molar-refractivity contribution in [2.24, 2.45) is 0 Å². The Morgan fingerprint density at radius 3 is 2.14 bits per heavy atom. The summed E-state index contributed by atoms with van der Waals surface area (Å²) in [6.07, 6.45) is 0.185. The zero-order valence-electron chi connectivity index (χ0n) is 20.5. The molecule has 1 unspecified atom stereocenters. The van der Waals surface area contributed by atoms with Crippen LogP contribution in [0.5, 0.6) is 5.75 Å². The molecule has 0 spiro atoms. The van der Waals surface area contributed by atoms with E-state index in [9.17, 15) is 13.2 Å². The largest absolute Gasteiger partial charge is 0.496 e. The molecule has 0 fully saturated rings. The number of aryl methyl sites for hydroxylation is 1. The van der Waals surface area contributed by atoms with Crippen LogP contribution in [0.4, 0.5) is 0 Å². The number of sulfonamides is 1. The highest BCUT2D eigenvalue weighted by atomic mass is 127. The highest BCUT2D eigenvalue weighted by molar-refractivity contribution is 14.1. The van der Waals surface area contributed by atoms with Gasteiger partial charge in [-0.25, -0.2) is 8.42 Å². The number of esters is 1. The second-order valence-corrected chi connectivity index (χ2v) is 11.5. The lowest BCUT2D eigenvalue weighted by atomic mass is 10.1. The fourth-order valence-electron chi connectivity index (χ4n) is 4.16. The standard InChI is InChI=1S/C27H30INO5S/c1-18-15-25(33-4)19(2)20(3)26(18)35(31,32)29(17-22-11-13-23(28)14-12-22)24(27(30)34-5)16-21-9-7-6-8-10-21/h6-15,24H,16-17H2,1-5H3. The van der Waals surface area contributed by atoms with Gasteiger partial charge in [-0.2, -0.15) is 4.31 Å². The Morgan fingerprint density at radius 1 is 0.943 bits per heavy atom. The average molecular weight is 608 g/mol. The number of hydrogen-bond donors (Lipinski definition) is 0. The molecular formula is C27H30INO5S. The molecule has 0 radical (unpaired) electrons. The predicted octanol–water partition coefficient (Wildman–Crippen LogP) is 5.20. The summed E-state index contributed by atoms with van der Waals surface area (Å²) < 4.78 is 41.5. The summed E-state index contributed by atoms with van der Waals surface area (Å²) >= 11 is 2.20. The summed E-state index contributed by atoms with van der Waals surface area (Å²) in [6.45, 7) is 5.37. The second kappa shape index (κ2) is 11.5. The third kappa shape index (κ3) is 6.05. The first-order valence-electron chi connectivity index (χ1n) is 11.1. The Hall–Kier alpha value is -2.43. The van der Waals surface area contributed by atoms with Crippen molar-refractivity contribution in [1.29, 1.82) is 0 Å².